The molecule has 2 N–H and O–H groups in total. The zero-order chi connectivity index (χ0) is 16.8. The lowest BCUT2D eigenvalue weighted by Gasteiger charge is -2.24. The molecule has 0 saturated heterocycles. The van der Waals surface area contributed by atoms with Crippen molar-refractivity contribution in [2.75, 3.05) is 5.32 Å². The van der Waals surface area contributed by atoms with Crippen molar-refractivity contribution >= 4 is 11.6 Å². The molecule has 0 unspecified atom stereocenters. The van der Waals surface area contributed by atoms with Crippen LogP contribution in [0.5, 0.6) is 0 Å². The van der Waals surface area contributed by atoms with E-state index >= 15 is 0 Å². The van der Waals surface area contributed by atoms with E-state index in [0.29, 0.717) is 24.1 Å². The van der Waals surface area contributed by atoms with Gasteiger partial charge in [-0.2, -0.15) is 18.3 Å². The quantitative estimate of drug-likeness (QED) is 0.893. The van der Waals surface area contributed by atoms with E-state index in [2.05, 4.69) is 10.4 Å². The third-order valence-electron chi connectivity index (χ3n) is 4.66. The van der Waals surface area contributed by atoms with Gasteiger partial charge in [0.15, 0.2) is 0 Å². The fourth-order valence-corrected chi connectivity index (χ4v) is 3.25. The van der Waals surface area contributed by atoms with Gasteiger partial charge in [0.1, 0.15) is 5.69 Å². The van der Waals surface area contributed by atoms with E-state index in [0.717, 1.165) is 11.8 Å². The van der Waals surface area contributed by atoms with E-state index in [-0.39, 0.29) is 11.5 Å². The molecular weight excluding hydrogens is 307 g/mol. The number of H-pyrrole nitrogens is 1. The molecule has 0 spiro atoms. The van der Waals surface area contributed by atoms with Crippen molar-refractivity contribution in [1.82, 2.24) is 10.2 Å². The number of hydrogen-bond donors (Lipinski definition) is 2. The molecule has 1 amide bonds. The highest BCUT2D eigenvalue weighted by Gasteiger charge is 2.44. The van der Waals surface area contributed by atoms with E-state index in [9.17, 15) is 18.0 Å². The number of alkyl halides is 3. The fraction of sp³-hybridized carbons (Fsp3) is 0.375. The van der Waals surface area contributed by atoms with Crippen LogP contribution in [0.1, 0.15) is 37.9 Å². The topological polar surface area (TPSA) is 57.8 Å². The molecule has 0 bridgehead atoms. The van der Waals surface area contributed by atoms with Gasteiger partial charge >= 0.3 is 6.18 Å². The van der Waals surface area contributed by atoms with E-state index in [1.165, 1.54) is 0 Å². The molecule has 0 atom stereocenters. The summed E-state index contributed by atoms with van der Waals surface area (Å²) in [6, 6.07) is 4.89. The first-order chi connectivity index (χ1) is 10.8. The van der Waals surface area contributed by atoms with Crippen molar-refractivity contribution in [3.05, 3.63) is 35.7 Å². The lowest BCUT2D eigenvalue weighted by Crippen LogP contribution is -2.32. The summed E-state index contributed by atoms with van der Waals surface area (Å²) >= 11 is 0. The van der Waals surface area contributed by atoms with Crippen LogP contribution in [0.3, 0.4) is 0 Å². The molecule has 1 aliphatic heterocycles. The van der Waals surface area contributed by atoms with Crippen LogP contribution in [-0.2, 0) is 16.4 Å². The maximum atomic E-state index is 13.1. The van der Waals surface area contributed by atoms with Crippen LogP contribution in [0.2, 0.25) is 0 Å². The molecule has 122 valence electrons. The molecule has 2 aromatic rings. The largest absolute Gasteiger partial charge is 0.433 e. The number of rotatable bonds is 3. The molecular formula is C16H16F3N3O. The number of anilines is 1. The Morgan fingerprint density at radius 3 is 2.52 bits per heavy atom. The van der Waals surface area contributed by atoms with E-state index in [1.807, 2.05) is 18.9 Å². The first kappa shape index (κ1) is 15.6. The average molecular weight is 323 g/mol. The Labute approximate surface area is 131 Å². The molecule has 1 aromatic carbocycles. The molecule has 23 heavy (non-hydrogen) atoms. The number of hydrogen-bond acceptors (Lipinski definition) is 2. The van der Waals surface area contributed by atoms with Gasteiger partial charge in [-0.25, -0.2) is 0 Å². The van der Waals surface area contributed by atoms with Crippen molar-refractivity contribution in [2.45, 2.75) is 38.3 Å². The van der Waals surface area contributed by atoms with Crippen molar-refractivity contribution < 1.29 is 18.0 Å². The maximum Gasteiger partial charge on any atom is 0.433 e. The molecule has 4 nitrogen and oxygen atoms in total. The normalized spacial score (nSPS) is 16.3. The zero-order valence-electron chi connectivity index (χ0n) is 12.7. The highest BCUT2D eigenvalue weighted by atomic mass is 19.4. The third kappa shape index (κ3) is 2.22. The summed E-state index contributed by atoms with van der Waals surface area (Å²) in [4.78, 5) is 12.3. The second kappa shape index (κ2) is 5.11. The van der Waals surface area contributed by atoms with Crippen LogP contribution in [0, 0.1) is 0 Å². The molecule has 1 aliphatic rings. The Kier molecular flexibility index (Phi) is 3.46. The summed E-state index contributed by atoms with van der Waals surface area (Å²) in [5.41, 5.74) is 0.230. The van der Waals surface area contributed by atoms with Gasteiger partial charge in [0.25, 0.3) is 0 Å². The SMILES string of the molecule is CCC1(CC)C(=O)Nc2ccc(-c3cn[nH]c3C(F)(F)F)cc21. The van der Waals surface area contributed by atoms with Gasteiger partial charge in [-0.15, -0.1) is 0 Å². The number of halogens is 3. The second-order valence-electron chi connectivity index (χ2n) is 5.66. The standard InChI is InChI=1S/C16H16F3N3O/c1-3-15(4-2)11-7-9(5-6-12(11)21-14(15)23)10-8-20-22-13(10)16(17,18)19/h5-8H,3-4H2,1-2H3,(H,20,22)(H,21,23). The number of amides is 1. The Bertz CT molecular complexity index is 760. The summed E-state index contributed by atoms with van der Waals surface area (Å²) < 4.78 is 39.2. The summed E-state index contributed by atoms with van der Waals surface area (Å²) in [5.74, 6) is -0.0992. The molecule has 3 rings (SSSR count). The summed E-state index contributed by atoms with van der Waals surface area (Å²) in [7, 11) is 0. The highest BCUT2D eigenvalue weighted by Crippen LogP contribution is 2.45. The highest BCUT2D eigenvalue weighted by molar-refractivity contribution is 6.06. The van der Waals surface area contributed by atoms with Gasteiger partial charge in [-0.3, -0.25) is 9.89 Å². The van der Waals surface area contributed by atoms with Gasteiger partial charge in [0, 0.05) is 11.3 Å². The number of fused-ring (bicyclic) bond motifs is 1. The molecule has 2 heterocycles. The van der Waals surface area contributed by atoms with Gasteiger partial charge < -0.3 is 5.32 Å². The Balaban J connectivity index is 2.15. The number of nitrogens with one attached hydrogen (secondary N) is 2. The predicted octanol–water partition coefficient (Wildman–Crippen LogP) is 4.11. The first-order valence-corrected chi connectivity index (χ1v) is 7.40. The molecule has 0 radical (unpaired) electrons. The minimum Gasteiger partial charge on any atom is -0.325 e. The van der Waals surface area contributed by atoms with Gasteiger partial charge in [0.05, 0.1) is 11.6 Å². The molecule has 7 heteroatoms. The van der Waals surface area contributed by atoms with Crippen LogP contribution in [-0.4, -0.2) is 16.1 Å². The van der Waals surface area contributed by atoms with E-state index in [4.69, 9.17) is 0 Å². The number of benzene rings is 1. The van der Waals surface area contributed by atoms with Gasteiger partial charge in [0.2, 0.25) is 5.91 Å². The minimum atomic E-state index is -4.51. The molecule has 0 saturated carbocycles. The van der Waals surface area contributed by atoms with E-state index < -0.39 is 17.3 Å². The molecule has 1 aromatic heterocycles. The Morgan fingerprint density at radius 2 is 1.91 bits per heavy atom. The van der Waals surface area contributed by atoms with Crippen LogP contribution in [0.25, 0.3) is 11.1 Å². The summed E-state index contributed by atoms with van der Waals surface area (Å²) in [6.45, 7) is 3.81. The van der Waals surface area contributed by atoms with Gasteiger partial charge in [-0.1, -0.05) is 19.9 Å². The van der Waals surface area contributed by atoms with Crippen LogP contribution >= 0.6 is 0 Å². The van der Waals surface area contributed by atoms with Crippen LogP contribution in [0.15, 0.2) is 24.4 Å². The lowest BCUT2D eigenvalue weighted by molar-refractivity contribution is -0.140. The van der Waals surface area contributed by atoms with Crippen molar-refractivity contribution in [3.63, 3.8) is 0 Å². The second-order valence-corrected chi connectivity index (χ2v) is 5.66. The van der Waals surface area contributed by atoms with Crippen molar-refractivity contribution in [2.24, 2.45) is 0 Å². The monoisotopic (exact) mass is 323 g/mol. The lowest BCUT2D eigenvalue weighted by atomic mass is 9.76. The Morgan fingerprint density at radius 1 is 1.22 bits per heavy atom. The number of carbonyl (C=O) groups is 1. The number of carbonyl (C=O) groups excluding carboxylic acids is 1. The number of aromatic nitrogens is 2. The molecule has 0 aliphatic carbocycles. The summed E-state index contributed by atoms with van der Waals surface area (Å²) in [5, 5.41) is 8.36. The van der Waals surface area contributed by atoms with Crippen molar-refractivity contribution in [1.29, 1.82) is 0 Å². The average Bonchev–Trinajstić information content (AvgIpc) is 3.08. The molecule has 0 fully saturated rings. The smallest absolute Gasteiger partial charge is 0.325 e. The first-order valence-electron chi connectivity index (χ1n) is 7.40. The van der Waals surface area contributed by atoms with Crippen molar-refractivity contribution in [3.8, 4) is 11.1 Å². The Hall–Kier alpha value is -2.31. The summed E-state index contributed by atoms with van der Waals surface area (Å²) in [6.07, 6.45) is -2.17. The minimum absolute atomic E-state index is 0.0132. The van der Waals surface area contributed by atoms with Crippen LogP contribution in [0.4, 0.5) is 18.9 Å². The predicted molar refractivity (Wildman–Crippen MR) is 79.9 cm³/mol. The zero-order valence-corrected chi connectivity index (χ0v) is 12.7. The number of nitrogens with zero attached hydrogens (tertiary/aromatic N) is 1. The third-order valence-corrected chi connectivity index (χ3v) is 4.66. The van der Waals surface area contributed by atoms with Gasteiger partial charge in [-0.05, 0) is 36.1 Å². The maximum absolute atomic E-state index is 13.1. The number of aromatic amines is 1. The fourth-order valence-electron chi connectivity index (χ4n) is 3.25. The van der Waals surface area contributed by atoms with E-state index in [1.54, 1.807) is 18.2 Å². The van der Waals surface area contributed by atoms with Crippen LogP contribution < -0.4 is 5.32 Å².